The van der Waals surface area contributed by atoms with Gasteiger partial charge in [0.1, 0.15) is 24.3 Å². The van der Waals surface area contributed by atoms with Crippen molar-refractivity contribution >= 4 is 11.5 Å². The van der Waals surface area contributed by atoms with E-state index in [1.54, 1.807) is 52.1 Å². The molecule has 1 aromatic carbocycles. The number of anilines is 1. The number of nitrogens with one attached hydrogen (secondary N) is 1. The smallest absolute Gasteiger partial charge is 0.157 e. The molecule has 0 aliphatic heterocycles. The molecule has 8 heteroatoms. The Hall–Kier alpha value is -3.29. The van der Waals surface area contributed by atoms with Gasteiger partial charge in [0.2, 0.25) is 0 Å². The van der Waals surface area contributed by atoms with Crippen LogP contribution >= 0.6 is 0 Å². The molecule has 0 spiro atoms. The summed E-state index contributed by atoms with van der Waals surface area (Å²) in [4.78, 5) is 8.45. The zero-order valence-corrected chi connectivity index (χ0v) is 13.5. The van der Waals surface area contributed by atoms with Crippen molar-refractivity contribution in [1.82, 2.24) is 29.4 Å². The van der Waals surface area contributed by atoms with E-state index in [1.807, 2.05) is 6.92 Å². The van der Waals surface area contributed by atoms with Crippen molar-refractivity contribution in [2.45, 2.75) is 19.5 Å². The minimum atomic E-state index is -0.305. The maximum absolute atomic E-state index is 14.1. The predicted octanol–water partition coefficient (Wildman–Crippen LogP) is 2.63. The molecule has 0 saturated carbocycles. The topological polar surface area (TPSA) is 72.9 Å². The fourth-order valence-corrected chi connectivity index (χ4v) is 2.73. The van der Waals surface area contributed by atoms with Gasteiger partial charge in [-0.05, 0) is 19.1 Å². The highest BCUT2D eigenvalue weighted by atomic mass is 19.1. The Morgan fingerprint density at radius 3 is 2.88 bits per heavy atom. The number of halogens is 1. The van der Waals surface area contributed by atoms with E-state index in [-0.39, 0.29) is 11.9 Å². The fraction of sp³-hybridized carbons (Fsp3) is 0.176. The second-order valence-corrected chi connectivity index (χ2v) is 5.77. The van der Waals surface area contributed by atoms with Gasteiger partial charge in [0, 0.05) is 23.7 Å². The van der Waals surface area contributed by atoms with Crippen LogP contribution in [0.4, 0.5) is 10.2 Å². The highest BCUT2D eigenvalue weighted by Crippen LogP contribution is 2.24. The zero-order valence-electron chi connectivity index (χ0n) is 13.5. The normalized spacial score (nSPS) is 12.4. The lowest BCUT2D eigenvalue weighted by Crippen LogP contribution is -2.23. The molecular formula is C17H16FN7. The van der Waals surface area contributed by atoms with Crippen LogP contribution in [0.2, 0.25) is 0 Å². The molecule has 0 aliphatic rings. The van der Waals surface area contributed by atoms with Crippen molar-refractivity contribution in [2.75, 3.05) is 5.32 Å². The van der Waals surface area contributed by atoms with Crippen LogP contribution in [-0.4, -0.2) is 35.4 Å². The first-order valence-electron chi connectivity index (χ1n) is 7.89. The third kappa shape index (κ3) is 3.06. The zero-order chi connectivity index (χ0) is 17.2. The molecule has 0 radical (unpaired) electrons. The van der Waals surface area contributed by atoms with Gasteiger partial charge in [-0.25, -0.2) is 14.4 Å². The van der Waals surface area contributed by atoms with Crippen LogP contribution in [0.3, 0.4) is 0 Å². The SMILES string of the molecule is C[C@H](Cn1cncn1)Nc1cc(-c2ccccc2F)nc2ccnn12. The minimum Gasteiger partial charge on any atom is -0.366 e. The van der Waals surface area contributed by atoms with Gasteiger partial charge >= 0.3 is 0 Å². The molecule has 4 rings (SSSR count). The van der Waals surface area contributed by atoms with Crippen molar-refractivity contribution in [3.63, 3.8) is 0 Å². The third-order valence-corrected chi connectivity index (χ3v) is 3.83. The minimum absolute atomic E-state index is 0.0602. The second-order valence-electron chi connectivity index (χ2n) is 5.77. The summed E-state index contributed by atoms with van der Waals surface area (Å²) in [5.41, 5.74) is 1.66. The Labute approximate surface area is 143 Å². The Bertz CT molecular complexity index is 993. The first-order chi connectivity index (χ1) is 12.2. The lowest BCUT2D eigenvalue weighted by Gasteiger charge is -2.16. The van der Waals surface area contributed by atoms with E-state index in [2.05, 4.69) is 25.5 Å². The number of hydrogen-bond acceptors (Lipinski definition) is 5. The van der Waals surface area contributed by atoms with E-state index in [4.69, 9.17) is 0 Å². The van der Waals surface area contributed by atoms with Crippen LogP contribution in [0.1, 0.15) is 6.92 Å². The van der Waals surface area contributed by atoms with E-state index >= 15 is 0 Å². The van der Waals surface area contributed by atoms with E-state index < -0.39 is 0 Å². The summed E-state index contributed by atoms with van der Waals surface area (Å²) in [6.45, 7) is 2.67. The van der Waals surface area contributed by atoms with Gasteiger partial charge in [-0.15, -0.1) is 0 Å². The molecule has 3 heterocycles. The largest absolute Gasteiger partial charge is 0.366 e. The molecule has 0 aliphatic carbocycles. The monoisotopic (exact) mass is 337 g/mol. The first-order valence-corrected chi connectivity index (χ1v) is 7.89. The van der Waals surface area contributed by atoms with E-state index in [0.717, 1.165) is 5.82 Å². The number of nitrogens with zero attached hydrogens (tertiary/aromatic N) is 6. The van der Waals surface area contributed by atoms with Crippen LogP contribution in [0.5, 0.6) is 0 Å². The molecule has 4 aromatic rings. The van der Waals surface area contributed by atoms with Gasteiger partial charge in [-0.3, -0.25) is 4.68 Å². The lowest BCUT2D eigenvalue weighted by molar-refractivity contribution is 0.557. The van der Waals surface area contributed by atoms with Crippen LogP contribution in [0, 0.1) is 5.82 Å². The van der Waals surface area contributed by atoms with Crippen molar-refractivity contribution < 1.29 is 4.39 Å². The maximum atomic E-state index is 14.1. The molecule has 3 aromatic heterocycles. The maximum Gasteiger partial charge on any atom is 0.157 e. The summed E-state index contributed by atoms with van der Waals surface area (Å²) >= 11 is 0. The Morgan fingerprint density at radius 2 is 2.08 bits per heavy atom. The number of rotatable bonds is 5. The highest BCUT2D eigenvalue weighted by Gasteiger charge is 2.13. The van der Waals surface area contributed by atoms with Crippen molar-refractivity contribution in [3.8, 4) is 11.3 Å². The molecule has 0 amide bonds. The Kier molecular flexibility index (Phi) is 3.85. The van der Waals surface area contributed by atoms with Crippen LogP contribution in [-0.2, 0) is 6.54 Å². The standard InChI is InChI=1S/C17H16FN7/c1-12(9-24-11-19-10-21-24)22-17-8-15(13-4-2-3-5-14(13)18)23-16-6-7-20-25(16)17/h2-8,10-12,22H,9H2,1H3/t12-/m1/s1. The Morgan fingerprint density at radius 1 is 1.20 bits per heavy atom. The molecule has 25 heavy (non-hydrogen) atoms. The summed E-state index contributed by atoms with van der Waals surface area (Å²) in [6, 6.07) is 10.3. The molecule has 0 saturated heterocycles. The number of hydrogen-bond donors (Lipinski definition) is 1. The number of fused-ring (bicyclic) bond motifs is 1. The van der Waals surface area contributed by atoms with Crippen molar-refractivity contribution in [2.24, 2.45) is 0 Å². The highest BCUT2D eigenvalue weighted by molar-refractivity contribution is 5.66. The summed E-state index contributed by atoms with van der Waals surface area (Å²) < 4.78 is 17.6. The Balaban J connectivity index is 1.70. The summed E-state index contributed by atoms with van der Waals surface area (Å²) in [5.74, 6) is 0.432. The summed E-state index contributed by atoms with van der Waals surface area (Å²) in [5, 5.41) is 11.8. The molecule has 1 atom stereocenters. The predicted molar refractivity (Wildman–Crippen MR) is 91.5 cm³/mol. The van der Waals surface area contributed by atoms with Gasteiger partial charge in [0.05, 0.1) is 18.4 Å². The third-order valence-electron chi connectivity index (χ3n) is 3.83. The second kappa shape index (κ2) is 6.31. The quantitative estimate of drug-likeness (QED) is 0.606. The molecular weight excluding hydrogens is 321 g/mol. The van der Waals surface area contributed by atoms with Gasteiger partial charge in [-0.2, -0.15) is 14.7 Å². The van der Waals surface area contributed by atoms with E-state index in [0.29, 0.717) is 23.4 Å². The molecule has 126 valence electrons. The number of aromatic nitrogens is 6. The first kappa shape index (κ1) is 15.3. The lowest BCUT2D eigenvalue weighted by atomic mass is 10.1. The average molecular weight is 337 g/mol. The van der Waals surface area contributed by atoms with Crippen LogP contribution < -0.4 is 5.32 Å². The van der Waals surface area contributed by atoms with Crippen molar-refractivity contribution in [1.29, 1.82) is 0 Å². The fourth-order valence-electron chi connectivity index (χ4n) is 2.73. The summed E-state index contributed by atoms with van der Waals surface area (Å²) in [7, 11) is 0. The molecule has 0 fully saturated rings. The van der Waals surface area contributed by atoms with E-state index in [1.165, 1.54) is 12.4 Å². The van der Waals surface area contributed by atoms with Crippen molar-refractivity contribution in [3.05, 3.63) is 61.1 Å². The molecule has 0 unspecified atom stereocenters. The van der Waals surface area contributed by atoms with E-state index in [9.17, 15) is 4.39 Å². The van der Waals surface area contributed by atoms with Gasteiger partial charge in [0.25, 0.3) is 0 Å². The van der Waals surface area contributed by atoms with Gasteiger partial charge in [0.15, 0.2) is 5.65 Å². The molecule has 1 N–H and O–H groups in total. The van der Waals surface area contributed by atoms with Crippen LogP contribution in [0.15, 0.2) is 55.2 Å². The van der Waals surface area contributed by atoms with Gasteiger partial charge in [-0.1, -0.05) is 12.1 Å². The number of benzene rings is 1. The molecule has 0 bridgehead atoms. The molecule has 7 nitrogen and oxygen atoms in total. The summed E-state index contributed by atoms with van der Waals surface area (Å²) in [6.07, 6.45) is 4.83. The van der Waals surface area contributed by atoms with Crippen LogP contribution in [0.25, 0.3) is 16.9 Å². The van der Waals surface area contributed by atoms with Gasteiger partial charge < -0.3 is 5.32 Å². The average Bonchev–Trinajstić information content (AvgIpc) is 3.26.